The molecule has 0 unspecified atom stereocenters. The second kappa shape index (κ2) is 35.2. The van der Waals surface area contributed by atoms with Gasteiger partial charge in [0.05, 0.1) is 92.3 Å². The lowest BCUT2D eigenvalue weighted by Crippen LogP contribution is -2.59. The van der Waals surface area contributed by atoms with Crippen LogP contribution in [0.5, 0.6) is 11.5 Å². The van der Waals surface area contributed by atoms with Crippen LogP contribution < -0.4 is 42.5 Å². The van der Waals surface area contributed by atoms with Gasteiger partial charge in [-0.05, 0) is 97.2 Å². The van der Waals surface area contributed by atoms with Crippen molar-refractivity contribution in [3.8, 4) is 54.9 Å². The minimum Gasteiger partial charge on any atom is -0.507 e. The molecule has 0 radical (unpaired) electrons. The van der Waals surface area contributed by atoms with Gasteiger partial charge < -0.3 is 72.8 Å². The van der Waals surface area contributed by atoms with Crippen LogP contribution in [0.4, 0.5) is 23.0 Å². The van der Waals surface area contributed by atoms with Crippen molar-refractivity contribution < 1.29 is 49.2 Å². The SMILES string of the molecule is Cc1ncsc1-c1ccc([C@H](C)NC(=O)[C@@H]2C[C@@H](O)CN2C(=O)[C@@H](NC(=O)CN2CCN(c3cc(-c4ccccc4O)nnc3N)CC2)C(C)(C)C)cc1.Cc1ncsc1-c1ccc([C@H](C)NC(=O)[C@@H]2C[C@@H](O)CN2C(=O)[C@@H](NC(=O)CN2CCN(c3cc(-c4ccccc4O)nnc3N)CC2)C(C)(C)C)cc1.Cl. The molecular weight excluding hydrogens is 1450 g/mol. The Balaban J connectivity index is 0.000000230. The predicted octanol–water partition coefficient (Wildman–Crippen LogP) is 7.13. The number of nitrogens with one attached hydrogen (secondary N) is 4. The van der Waals surface area contributed by atoms with E-state index in [1.807, 2.05) is 163 Å². The van der Waals surface area contributed by atoms with E-state index in [1.165, 1.54) is 9.80 Å². The average Bonchev–Trinajstić information content (AvgIpc) is 1.73. The van der Waals surface area contributed by atoms with Gasteiger partial charge in [-0.1, -0.05) is 114 Å². The van der Waals surface area contributed by atoms with Gasteiger partial charge in [-0.25, -0.2) is 9.97 Å². The number of β-amino-alcohol motifs (C(OH)–C–C–N with tert-alkyl or cyclic N) is 2. The van der Waals surface area contributed by atoms with Gasteiger partial charge >= 0.3 is 0 Å². The van der Waals surface area contributed by atoms with E-state index in [1.54, 1.807) is 59.1 Å². The smallest absolute Gasteiger partial charge is 0.246 e. The summed E-state index contributed by atoms with van der Waals surface area (Å²) in [5.41, 5.74) is 24.1. The first-order valence-electron chi connectivity index (χ1n) is 36.3. The van der Waals surface area contributed by atoms with Gasteiger partial charge in [0, 0.05) is 89.4 Å². The maximum atomic E-state index is 14.2. The molecule has 8 aromatic rings. The largest absolute Gasteiger partial charge is 0.507 e. The zero-order chi connectivity index (χ0) is 77.5. The summed E-state index contributed by atoms with van der Waals surface area (Å²) in [7, 11) is 0. The number of phenolic OH excluding ortho intramolecular Hbond substituents is 2. The number of halogens is 1. The van der Waals surface area contributed by atoms with Crippen LogP contribution in [0.2, 0.25) is 0 Å². The van der Waals surface area contributed by atoms with Gasteiger partial charge in [-0.2, -0.15) is 0 Å². The molecule has 8 atom stereocenters. The summed E-state index contributed by atoms with van der Waals surface area (Å²) in [6, 6.07) is 29.0. The van der Waals surface area contributed by atoms with Crippen LogP contribution in [0.25, 0.3) is 43.4 Å². The minimum atomic E-state index is -0.928. The molecule has 580 valence electrons. The van der Waals surface area contributed by atoms with Gasteiger partial charge in [-0.3, -0.25) is 38.6 Å². The first-order chi connectivity index (χ1) is 51.4. The molecular formula is C78H99ClN18O10S2. The molecule has 4 aliphatic rings. The molecule has 31 heteroatoms. The maximum absolute atomic E-state index is 14.2. The Morgan fingerprint density at radius 2 is 0.862 bits per heavy atom. The number of aliphatic hydroxyl groups excluding tert-OH is 2. The first kappa shape index (κ1) is 81.6. The highest BCUT2D eigenvalue weighted by atomic mass is 35.5. The molecule has 4 aliphatic heterocycles. The van der Waals surface area contributed by atoms with Crippen molar-refractivity contribution in [2.45, 2.75) is 131 Å². The lowest BCUT2D eigenvalue weighted by atomic mass is 9.85. The molecule has 12 N–H and O–H groups in total. The van der Waals surface area contributed by atoms with Crippen molar-refractivity contribution >= 4 is 93.5 Å². The number of hydrogen-bond donors (Lipinski definition) is 10. The first-order valence-corrected chi connectivity index (χ1v) is 38.1. The Kier molecular flexibility index (Phi) is 26.3. The zero-order valence-corrected chi connectivity index (χ0v) is 65.5. The molecule has 8 heterocycles. The Bertz CT molecular complexity index is 4240. The van der Waals surface area contributed by atoms with Crippen LogP contribution in [-0.4, -0.2) is 221 Å². The van der Waals surface area contributed by atoms with Crippen LogP contribution in [0.3, 0.4) is 0 Å². The van der Waals surface area contributed by atoms with Gasteiger partial charge in [0.15, 0.2) is 11.6 Å². The van der Waals surface area contributed by atoms with Crippen LogP contribution in [0, 0.1) is 24.7 Å². The number of thiazole rings is 2. The molecule has 109 heavy (non-hydrogen) atoms. The Hall–Kier alpha value is -9.95. The summed E-state index contributed by atoms with van der Waals surface area (Å²) < 4.78 is 0. The molecule has 6 amide bonds. The second-order valence-corrected chi connectivity index (χ2v) is 32.0. The van der Waals surface area contributed by atoms with Crippen LogP contribution in [0.1, 0.15) is 103 Å². The third-order valence-corrected chi connectivity index (χ3v) is 22.2. The van der Waals surface area contributed by atoms with E-state index in [2.05, 4.69) is 61.4 Å². The second-order valence-electron chi connectivity index (χ2n) is 30.3. The summed E-state index contributed by atoms with van der Waals surface area (Å²) in [6.07, 6.45) is -1.52. The highest BCUT2D eigenvalue weighted by Gasteiger charge is 2.47. The average molecular weight is 1550 g/mol. The molecule has 4 aromatic carbocycles. The molecule has 4 fully saturated rings. The van der Waals surface area contributed by atoms with Crippen molar-refractivity contribution in [2.75, 3.05) is 99.8 Å². The number of para-hydroxylation sites is 2. The molecule has 28 nitrogen and oxygen atoms in total. The van der Waals surface area contributed by atoms with Crippen LogP contribution >= 0.6 is 35.1 Å². The summed E-state index contributed by atoms with van der Waals surface area (Å²) in [5, 5.41) is 70.5. The van der Waals surface area contributed by atoms with E-state index in [-0.39, 0.29) is 110 Å². The number of carbonyl (C=O) groups is 6. The lowest BCUT2D eigenvalue weighted by Gasteiger charge is -2.38. The fraction of sp³-hybridized carbons (Fsp3) is 0.436. The van der Waals surface area contributed by atoms with Crippen molar-refractivity contribution in [2.24, 2.45) is 10.8 Å². The molecule has 0 bridgehead atoms. The zero-order valence-electron chi connectivity index (χ0n) is 63.0. The van der Waals surface area contributed by atoms with Gasteiger partial charge in [-0.15, -0.1) is 55.5 Å². The maximum Gasteiger partial charge on any atom is 0.246 e. The van der Waals surface area contributed by atoms with E-state index in [9.17, 15) is 49.2 Å². The van der Waals surface area contributed by atoms with Crippen molar-refractivity contribution in [3.05, 3.63) is 143 Å². The predicted molar refractivity (Wildman–Crippen MR) is 424 cm³/mol. The fourth-order valence-electron chi connectivity index (χ4n) is 14.1. The summed E-state index contributed by atoms with van der Waals surface area (Å²) >= 11 is 3.15. The monoisotopic (exact) mass is 1550 g/mol. The Labute approximate surface area is 649 Å². The standard InChI is InChI=1S/2C39H49N9O5S.ClH/c2*1-23(25-10-12-26(13-11-25)34-24(2)41-22-54-34)42-37(52)31-18-27(49)20-48(31)38(53)35(39(3,4)5)43-33(51)21-46-14-16-47(17-15-46)30-19-29(44-45-36(30)40)28-8-6-7-9-32(28)50;/h2*6-13,19,22-23,27,31,35,49-50H,14-18,20-21H2,1-5H3,(H2,40,45)(H,42,52)(H,43,51);1H/t2*23-,27+,31-,35+;/m00./s1. The molecule has 0 saturated carbocycles. The molecule has 0 spiro atoms. The van der Waals surface area contributed by atoms with Gasteiger partial charge in [0.2, 0.25) is 35.4 Å². The number of benzene rings is 4. The molecule has 4 saturated heterocycles. The van der Waals surface area contributed by atoms with Crippen LogP contribution in [0.15, 0.2) is 120 Å². The number of likely N-dealkylation sites (tertiary alicyclic amines) is 2. The molecule has 4 aromatic heterocycles. The number of phenols is 2. The van der Waals surface area contributed by atoms with E-state index in [0.717, 1.165) is 43.4 Å². The van der Waals surface area contributed by atoms with Gasteiger partial charge in [0.25, 0.3) is 0 Å². The number of nitrogen functional groups attached to an aromatic ring is 2. The normalized spacial score (nSPS) is 18.8. The number of amides is 6. The van der Waals surface area contributed by atoms with E-state index in [4.69, 9.17) is 11.5 Å². The quantitative estimate of drug-likeness (QED) is 0.0362. The third-order valence-electron chi connectivity index (χ3n) is 20.2. The minimum absolute atomic E-state index is 0. The number of aliphatic hydroxyl groups is 2. The van der Waals surface area contributed by atoms with E-state index >= 15 is 0 Å². The number of hydrogen-bond acceptors (Lipinski definition) is 24. The number of aromatic hydroxyl groups is 2. The topological polar surface area (TPSA) is 380 Å². The lowest BCUT2D eigenvalue weighted by molar-refractivity contribution is -0.144. The van der Waals surface area contributed by atoms with E-state index < -0.39 is 59.0 Å². The van der Waals surface area contributed by atoms with Crippen LogP contribution in [-0.2, 0) is 28.8 Å². The number of aromatic nitrogens is 6. The fourth-order valence-corrected chi connectivity index (χ4v) is 15.7. The Morgan fingerprint density at radius 3 is 1.18 bits per heavy atom. The highest BCUT2D eigenvalue weighted by Crippen LogP contribution is 2.37. The number of carbonyl (C=O) groups excluding carboxylic acids is 6. The highest BCUT2D eigenvalue weighted by molar-refractivity contribution is 7.13. The number of piperazine rings is 2. The van der Waals surface area contributed by atoms with Crippen molar-refractivity contribution in [1.82, 2.24) is 71.2 Å². The van der Waals surface area contributed by atoms with E-state index in [0.29, 0.717) is 86.2 Å². The summed E-state index contributed by atoms with van der Waals surface area (Å²) in [5.74, 6) is -1.40. The number of nitrogens with two attached hydrogens (primary N) is 2. The molecule has 12 rings (SSSR count). The summed E-state index contributed by atoms with van der Waals surface area (Å²) in [4.78, 5) is 104. The number of anilines is 4. The van der Waals surface area contributed by atoms with Crippen molar-refractivity contribution in [3.63, 3.8) is 0 Å². The Morgan fingerprint density at radius 1 is 0.514 bits per heavy atom. The summed E-state index contributed by atoms with van der Waals surface area (Å²) in [6.45, 7) is 23.6. The number of aryl methyl sites for hydroxylation is 2. The third kappa shape index (κ3) is 19.7. The number of nitrogens with zero attached hydrogens (tertiary/aromatic N) is 12. The number of rotatable bonds is 20. The van der Waals surface area contributed by atoms with Crippen molar-refractivity contribution in [1.29, 1.82) is 0 Å². The molecule has 0 aliphatic carbocycles. The van der Waals surface area contributed by atoms with Gasteiger partial charge in [0.1, 0.15) is 35.7 Å².